The molecule has 2 aliphatic rings. The Morgan fingerprint density at radius 1 is 1.07 bits per heavy atom. The number of thiocarbonyl (C=S) groups is 2. The third-order valence-electron chi connectivity index (χ3n) is 3.96. The molecule has 3 rings (SSSR count). The maximum Gasteiger partial charge on any atom is 0.264 e. The van der Waals surface area contributed by atoms with Gasteiger partial charge in [0.15, 0.2) is 0 Å². The number of hydrogen-bond donors (Lipinski definition) is 0. The van der Waals surface area contributed by atoms with Gasteiger partial charge in [0.2, 0.25) is 0 Å². The molecule has 0 aliphatic heterocycles. The van der Waals surface area contributed by atoms with E-state index >= 15 is 0 Å². The summed E-state index contributed by atoms with van der Waals surface area (Å²) in [6.45, 7) is 0. The normalized spacial score (nSPS) is 19.4. The lowest BCUT2D eigenvalue weighted by molar-refractivity contribution is -0.114. The highest BCUT2D eigenvalue weighted by Crippen LogP contribution is 2.34. The van der Waals surface area contributed by atoms with Crippen LogP contribution in [0.5, 0.6) is 0 Å². The third kappa shape index (κ3) is 4.21. The maximum absolute atomic E-state index is 13.4. The molecule has 0 saturated heterocycles. The van der Waals surface area contributed by atoms with Crippen molar-refractivity contribution in [2.75, 3.05) is 4.90 Å². The summed E-state index contributed by atoms with van der Waals surface area (Å²) in [5.74, 6) is -0.327. The monoisotopic (exact) mass is 473 g/mol. The molecule has 1 unspecified atom stereocenters. The van der Waals surface area contributed by atoms with Gasteiger partial charge in [-0.2, -0.15) is 0 Å². The first kappa shape index (κ1) is 20.7. The summed E-state index contributed by atoms with van der Waals surface area (Å²) in [6.07, 6.45) is 9.18. The van der Waals surface area contributed by atoms with E-state index < -0.39 is 5.38 Å². The number of anilines is 1. The van der Waals surface area contributed by atoms with Gasteiger partial charge in [0.05, 0.1) is 31.9 Å². The molecule has 27 heavy (non-hydrogen) atoms. The minimum absolute atomic E-state index is 0.311. The number of alkyl halides is 1. The fourth-order valence-corrected chi connectivity index (χ4v) is 3.86. The second-order valence-corrected chi connectivity index (χ2v) is 8.32. The zero-order valence-electron chi connectivity index (χ0n) is 13.6. The van der Waals surface area contributed by atoms with Gasteiger partial charge in [-0.1, -0.05) is 71.4 Å². The molecular formula is C19H11Cl4NOS2. The fourth-order valence-electron chi connectivity index (χ4n) is 2.61. The van der Waals surface area contributed by atoms with Gasteiger partial charge in [0.1, 0.15) is 5.38 Å². The highest BCUT2D eigenvalue weighted by molar-refractivity contribution is 7.81. The average Bonchev–Trinajstić information content (AvgIpc) is 2.65. The van der Waals surface area contributed by atoms with E-state index in [0.717, 1.165) is 0 Å². The maximum atomic E-state index is 13.4. The summed E-state index contributed by atoms with van der Waals surface area (Å²) in [4.78, 5) is 15.7. The fraction of sp³-hybridized carbons (Fsp3) is 0.105. The van der Waals surface area contributed by atoms with Crippen LogP contribution in [-0.4, -0.2) is 21.0 Å². The lowest BCUT2D eigenvalue weighted by Crippen LogP contribution is -2.39. The minimum Gasteiger partial charge on any atom is -0.276 e. The van der Waals surface area contributed by atoms with Crippen molar-refractivity contribution in [1.29, 1.82) is 0 Å². The van der Waals surface area contributed by atoms with E-state index in [2.05, 4.69) is 0 Å². The number of hydrogen-bond acceptors (Lipinski definition) is 3. The molecule has 138 valence electrons. The van der Waals surface area contributed by atoms with Crippen LogP contribution in [-0.2, 0) is 4.79 Å². The van der Waals surface area contributed by atoms with Crippen molar-refractivity contribution in [3.63, 3.8) is 0 Å². The van der Waals surface area contributed by atoms with Gasteiger partial charge >= 0.3 is 0 Å². The number of nitrogens with zero attached hydrogens (tertiary/aromatic N) is 1. The molecule has 1 aromatic carbocycles. The van der Waals surface area contributed by atoms with Crippen LogP contribution >= 0.6 is 70.8 Å². The van der Waals surface area contributed by atoms with Crippen LogP contribution in [0.4, 0.5) is 5.69 Å². The smallest absolute Gasteiger partial charge is 0.264 e. The lowest BCUT2D eigenvalue weighted by Gasteiger charge is -2.30. The highest BCUT2D eigenvalue weighted by Gasteiger charge is 2.32. The molecule has 0 N–H and O–H groups in total. The molecule has 1 amide bonds. The Kier molecular flexibility index (Phi) is 6.57. The topological polar surface area (TPSA) is 20.3 Å². The second kappa shape index (κ2) is 8.56. The molecule has 1 atom stereocenters. The van der Waals surface area contributed by atoms with Crippen molar-refractivity contribution in [1.82, 2.24) is 0 Å². The Morgan fingerprint density at radius 2 is 1.81 bits per heavy atom. The molecule has 2 aliphatic carbocycles. The Bertz CT molecular complexity index is 978. The summed E-state index contributed by atoms with van der Waals surface area (Å²) >= 11 is 35.4. The summed E-state index contributed by atoms with van der Waals surface area (Å²) < 4.78 is 0. The van der Waals surface area contributed by atoms with Crippen molar-refractivity contribution in [2.24, 2.45) is 0 Å². The number of carbonyl (C=O) groups is 1. The SMILES string of the molecule is O=C(C1=CC=CCC1=S)N(C1=CC=C(Cl)C(Cl)C1=S)c1ccc(Cl)c(Cl)c1. The summed E-state index contributed by atoms with van der Waals surface area (Å²) in [6, 6.07) is 4.89. The van der Waals surface area contributed by atoms with Crippen molar-refractivity contribution in [3.8, 4) is 0 Å². The molecule has 2 nitrogen and oxygen atoms in total. The van der Waals surface area contributed by atoms with E-state index in [1.165, 1.54) is 4.90 Å². The van der Waals surface area contributed by atoms with E-state index in [1.54, 1.807) is 42.5 Å². The summed E-state index contributed by atoms with van der Waals surface area (Å²) in [5, 5.41) is 0.376. The van der Waals surface area contributed by atoms with Crippen molar-refractivity contribution < 1.29 is 4.79 Å². The molecule has 0 saturated carbocycles. The molecule has 0 fully saturated rings. The molecule has 1 aromatic rings. The highest BCUT2D eigenvalue weighted by atomic mass is 35.5. The van der Waals surface area contributed by atoms with Gasteiger partial charge in [0.25, 0.3) is 5.91 Å². The Balaban J connectivity index is 2.15. The number of halogens is 4. The van der Waals surface area contributed by atoms with Crippen molar-refractivity contribution in [2.45, 2.75) is 11.8 Å². The number of benzene rings is 1. The average molecular weight is 475 g/mol. The van der Waals surface area contributed by atoms with Gasteiger partial charge < -0.3 is 0 Å². The van der Waals surface area contributed by atoms with Crippen LogP contribution in [0.3, 0.4) is 0 Å². The first-order chi connectivity index (χ1) is 12.8. The number of amides is 1. The van der Waals surface area contributed by atoms with Crippen LogP contribution in [0, 0.1) is 0 Å². The second-order valence-electron chi connectivity index (χ2n) is 5.71. The number of carbonyl (C=O) groups excluding carboxylic acids is 1. The predicted octanol–water partition coefficient (Wildman–Crippen LogP) is 6.58. The Morgan fingerprint density at radius 3 is 2.48 bits per heavy atom. The molecule has 8 heteroatoms. The molecule has 0 heterocycles. The zero-order chi connectivity index (χ0) is 19.7. The van der Waals surface area contributed by atoms with E-state index in [4.69, 9.17) is 70.8 Å². The van der Waals surface area contributed by atoms with Crippen LogP contribution in [0.1, 0.15) is 6.42 Å². The predicted molar refractivity (Wildman–Crippen MR) is 123 cm³/mol. The molecule has 0 spiro atoms. The van der Waals surface area contributed by atoms with E-state index in [1.807, 2.05) is 6.08 Å². The number of rotatable bonds is 3. The summed E-state index contributed by atoms with van der Waals surface area (Å²) in [5.41, 5.74) is 1.35. The third-order valence-corrected chi connectivity index (χ3v) is 6.57. The minimum atomic E-state index is -0.702. The molecule has 0 aromatic heterocycles. The van der Waals surface area contributed by atoms with Gasteiger partial charge in [-0.15, -0.1) is 11.6 Å². The zero-order valence-corrected chi connectivity index (χ0v) is 18.2. The van der Waals surface area contributed by atoms with E-state index in [0.29, 0.717) is 48.2 Å². The number of allylic oxidation sites excluding steroid dienone is 7. The largest absolute Gasteiger partial charge is 0.276 e. The lowest BCUT2D eigenvalue weighted by atomic mass is 10.0. The van der Waals surface area contributed by atoms with Gasteiger partial charge in [-0.25, -0.2) is 0 Å². The first-order valence-electron chi connectivity index (χ1n) is 7.76. The Labute approximate surface area is 187 Å². The van der Waals surface area contributed by atoms with Crippen molar-refractivity contribution in [3.05, 3.63) is 74.9 Å². The standard InChI is InChI=1S/C19H11Cl4NOS2/c20-12-6-5-10(9-14(12)22)24(15-8-7-13(21)17(23)18(15)27)19(25)11-3-1-2-4-16(11)26/h1-3,5-9,17H,4H2. The van der Waals surface area contributed by atoms with Crippen LogP contribution in [0.15, 0.2) is 64.9 Å². The van der Waals surface area contributed by atoms with Crippen LogP contribution in [0.25, 0.3) is 0 Å². The van der Waals surface area contributed by atoms with Crippen LogP contribution in [0.2, 0.25) is 10.0 Å². The first-order valence-corrected chi connectivity index (χ1v) is 10.1. The van der Waals surface area contributed by atoms with Gasteiger partial charge in [0, 0.05) is 16.3 Å². The molecule has 0 bridgehead atoms. The van der Waals surface area contributed by atoms with E-state index in [9.17, 15) is 4.79 Å². The molecule has 0 radical (unpaired) electrons. The summed E-state index contributed by atoms with van der Waals surface area (Å²) in [7, 11) is 0. The van der Waals surface area contributed by atoms with Gasteiger partial charge in [-0.05, 0) is 36.4 Å². The molecular weight excluding hydrogens is 464 g/mol. The Hall–Kier alpha value is -1.01. The van der Waals surface area contributed by atoms with Gasteiger partial charge in [-0.3, -0.25) is 9.69 Å². The van der Waals surface area contributed by atoms with E-state index in [-0.39, 0.29) is 5.91 Å². The quantitative estimate of drug-likeness (QED) is 0.364. The van der Waals surface area contributed by atoms with Crippen molar-refractivity contribution >= 4 is 92.2 Å². The van der Waals surface area contributed by atoms with Crippen LogP contribution < -0.4 is 4.90 Å².